The zero-order valence-corrected chi connectivity index (χ0v) is 14.6. The fourth-order valence-corrected chi connectivity index (χ4v) is 3.11. The van der Waals surface area contributed by atoms with Crippen LogP contribution in [0.4, 0.5) is 0 Å². The van der Waals surface area contributed by atoms with Crippen LogP contribution in [0.5, 0.6) is 5.88 Å². The number of nitrogens with zero attached hydrogens (tertiary/aromatic N) is 6. The molecule has 0 spiro atoms. The second-order valence-electron chi connectivity index (χ2n) is 6.12. The van der Waals surface area contributed by atoms with E-state index in [-0.39, 0.29) is 23.6 Å². The highest BCUT2D eigenvalue weighted by atomic mass is 16.5. The van der Waals surface area contributed by atoms with E-state index in [0.29, 0.717) is 18.7 Å². The number of rotatable bonds is 3. The first-order chi connectivity index (χ1) is 12.0. The number of piperidine rings is 1. The number of hydrogen-bond donors (Lipinski definition) is 0. The van der Waals surface area contributed by atoms with Gasteiger partial charge < -0.3 is 9.64 Å². The van der Waals surface area contributed by atoms with Crippen molar-refractivity contribution >= 4 is 5.91 Å². The van der Waals surface area contributed by atoms with E-state index < -0.39 is 0 Å². The van der Waals surface area contributed by atoms with E-state index in [9.17, 15) is 4.79 Å². The fourth-order valence-electron chi connectivity index (χ4n) is 3.11. The Kier molecular flexibility index (Phi) is 4.65. The lowest BCUT2D eigenvalue weighted by atomic mass is 10.1. The smallest absolute Gasteiger partial charge is 0.257 e. The van der Waals surface area contributed by atoms with Crippen LogP contribution in [0, 0.1) is 25.2 Å². The first-order valence-electron chi connectivity index (χ1n) is 8.18. The summed E-state index contributed by atoms with van der Waals surface area (Å²) in [6.45, 7) is 4.87. The van der Waals surface area contributed by atoms with Gasteiger partial charge in [0.1, 0.15) is 12.2 Å². The monoisotopic (exact) mass is 340 g/mol. The standard InChI is InChI=1S/C17H20N6O2/c1-11-15(12(2)22(3)21-11)17(24)23-8-4-5-13(10-23)25-16-14(9-18)19-6-7-20-16/h6-7,13H,4-5,8,10H2,1-3H3. The van der Waals surface area contributed by atoms with Crippen molar-refractivity contribution in [3.63, 3.8) is 0 Å². The van der Waals surface area contributed by atoms with E-state index in [1.165, 1.54) is 12.4 Å². The summed E-state index contributed by atoms with van der Waals surface area (Å²) in [6, 6.07) is 1.97. The van der Waals surface area contributed by atoms with Gasteiger partial charge in [-0.1, -0.05) is 0 Å². The van der Waals surface area contributed by atoms with Crippen LogP contribution in [-0.4, -0.2) is 49.7 Å². The molecule has 8 nitrogen and oxygen atoms in total. The fraction of sp³-hybridized carbons (Fsp3) is 0.471. The molecule has 1 aliphatic heterocycles. The molecule has 0 radical (unpaired) electrons. The quantitative estimate of drug-likeness (QED) is 0.837. The molecule has 25 heavy (non-hydrogen) atoms. The molecule has 1 unspecified atom stereocenters. The van der Waals surface area contributed by atoms with Crippen molar-refractivity contribution in [3.05, 3.63) is 35.0 Å². The zero-order valence-electron chi connectivity index (χ0n) is 14.6. The molecule has 3 heterocycles. The van der Waals surface area contributed by atoms with Crippen LogP contribution in [0.2, 0.25) is 0 Å². The lowest BCUT2D eigenvalue weighted by Crippen LogP contribution is -2.44. The minimum atomic E-state index is -0.209. The molecule has 0 aliphatic carbocycles. The van der Waals surface area contributed by atoms with Crippen LogP contribution in [0.25, 0.3) is 0 Å². The van der Waals surface area contributed by atoms with Crippen molar-refractivity contribution < 1.29 is 9.53 Å². The lowest BCUT2D eigenvalue weighted by Gasteiger charge is -2.32. The van der Waals surface area contributed by atoms with Crippen LogP contribution in [0.1, 0.15) is 40.3 Å². The van der Waals surface area contributed by atoms with Gasteiger partial charge in [-0.2, -0.15) is 10.4 Å². The van der Waals surface area contributed by atoms with E-state index in [2.05, 4.69) is 15.1 Å². The highest BCUT2D eigenvalue weighted by molar-refractivity contribution is 5.96. The number of nitriles is 1. The number of hydrogen-bond acceptors (Lipinski definition) is 6. The third kappa shape index (κ3) is 3.31. The minimum absolute atomic E-state index is 0.0314. The molecule has 1 atom stereocenters. The number of aromatic nitrogens is 4. The average molecular weight is 340 g/mol. The Bertz CT molecular complexity index is 838. The summed E-state index contributed by atoms with van der Waals surface area (Å²) in [4.78, 5) is 22.7. The topological polar surface area (TPSA) is 96.9 Å². The second-order valence-corrected chi connectivity index (χ2v) is 6.12. The van der Waals surface area contributed by atoms with Gasteiger partial charge in [-0.15, -0.1) is 0 Å². The van der Waals surface area contributed by atoms with Crippen molar-refractivity contribution in [3.8, 4) is 11.9 Å². The van der Waals surface area contributed by atoms with Gasteiger partial charge in [0.2, 0.25) is 5.69 Å². The van der Waals surface area contributed by atoms with Crippen LogP contribution in [0.15, 0.2) is 12.4 Å². The molecule has 1 aliphatic rings. The largest absolute Gasteiger partial charge is 0.470 e. The van der Waals surface area contributed by atoms with Gasteiger partial charge in [-0.3, -0.25) is 9.48 Å². The Morgan fingerprint density at radius 1 is 1.36 bits per heavy atom. The van der Waals surface area contributed by atoms with Gasteiger partial charge in [0.25, 0.3) is 11.8 Å². The number of likely N-dealkylation sites (tertiary alicyclic amines) is 1. The number of ether oxygens (including phenoxy) is 1. The number of aryl methyl sites for hydroxylation is 2. The Labute approximate surface area is 146 Å². The summed E-state index contributed by atoms with van der Waals surface area (Å²) >= 11 is 0. The molecule has 130 valence electrons. The summed E-state index contributed by atoms with van der Waals surface area (Å²) in [7, 11) is 1.83. The van der Waals surface area contributed by atoms with Gasteiger partial charge in [-0.25, -0.2) is 9.97 Å². The highest BCUT2D eigenvalue weighted by Crippen LogP contribution is 2.22. The predicted octanol–water partition coefficient (Wildman–Crippen LogP) is 1.38. The highest BCUT2D eigenvalue weighted by Gasteiger charge is 2.29. The van der Waals surface area contributed by atoms with E-state index in [0.717, 1.165) is 24.2 Å². The molecule has 1 saturated heterocycles. The molecule has 2 aromatic heterocycles. The third-order valence-corrected chi connectivity index (χ3v) is 4.44. The van der Waals surface area contributed by atoms with Gasteiger partial charge in [-0.05, 0) is 26.7 Å². The van der Waals surface area contributed by atoms with Crippen molar-refractivity contribution in [2.24, 2.45) is 7.05 Å². The SMILES string of the molecule is Cc1nn(C)c(C)c1C(=O)N1CCCC(Oc2nccnc2C#N)C1. The Hall–Kier alpha value is -2.95. The zero-order chi connectivity index (χ0) is 18.0. The summed E-state index contributed by atoms with van der Waals surface area (Å²) in [5.74, 6) is 0.189. The van der Waals surface area contributed by atoms with E-state index >= 15 is 0 Å². The summed E-state index contributed by atoms with van der Waals surface area (Å²) < 4.78 is 7.57. The molecule has 8 heteroatoms. The van der Waals surface area contributed by atoms with Crippen LogP contribution in [0.3, 0.4) is 0 Å². The van der Waals surface area contributed by atoms with Crippen molar-refractivity contribution in [2.45, 2.75) is 32.8 Å². The lowest BCUT2D eigenvalue weighted by molar-refractivity contribution is 0.0524. The molecule has 1 amide bonds. The Balaban J connectivity index is 1.75. The molecule has 0 N–H and O–H groups in total. The van der Waals surface area contributed by atoms with Crippen molar-refractivity contribution in [1.82, 2.24) is 24.6 Å². The number of amides is 1. The third-order valence-electron chi connectivity index (χ3n) is 4.44. The average Bonchev–Trinajstić information content (AvgIpc) is 2.87. The number of carbonyl (C=O) groups is 1. The first kappa shape index (κ1) is 16.9. The van der Waals surface area contributed by atoms with Crippen LogP contribution >= 0.6 is 0 Å². The second kappa shape index (κ2) is 6.89. The first-order valence-corrected chi connectivity index (χ1v) is 8.18. The predicted molar refractivity (Wildman–Crippen MR) is 89.0 cm³/mol. The van der Waals surface area contributed by atoms with Gasteiger partial charge in [0, 0.05) is 31.7 Å². The molecule has 0 aromatic carbocycles. The van der Waals surface area contributed by atoms with Crippen molar-refractivity contribution in [1.29, 1.82) is 5.26 Å². The maximum absolute atomic E-state index is 12.9. The molecule has 3 rings (SSSR count). The van der Waals surface area contributed by atoms with E-state index in [1.54, 1.807) is 9.58 Å². The Morgan fingerprint density at radius 2 is 2.12 bits per heavy atom. The molecule has 1 fully saturated rings. The molecular formula is C17H20N6O2. The van der Waals surface area contributed by atoms with Crippen LogP contribution < -0.4 is 4.74 Å². The molecule has 2 aromatic rings. The normalized spacial score (nSPS) is 17.2. The maximum Gasteiger partial charge on any atom is 0.257 e. The Morgan fingerprint density at radius 3 is 2.80 bits per heavy atom. The van der Waals surface area contributed by atoms with Crippen molar-refractivity contribution in [2.75, 3.05) is 13.1 Å². The van der Waals surface area contributed by atoms with E-state index in [4.69, 9.17) is 10.00 Å². The van der Waals surface area contributed by atoms with E-state index in [1.807, 2.05) is 27.0 Å². The minimum Gasteiger partial charge on any atom is -0.470 e. The van der Waals surface area contributed by atoms with Gasteiger partial charge >= 0.3 is 0 Å². The molecular weight excluding hydrogens is 320 g/mol. The maximum atomic E-state index is 12.9. The number of carbonyl (C=O) groups excluding carboxylic acids is 1. The summed E-state index contributed by atoms with van der Waals surface area (Å²) in [5.41, 5.74) is 2.39. The summed E-state index contributed by atoms with van der Waals surface area (Å²) in [6.07, 6.45) is 4.37. The summed E-state index contributed by atoms with van der Waals surface area (Å²) in [5, 5.41) is 13.4. The van der Waals surface area contributed by atoms with Gasteiger partial charge in [0.15, 0.2) is 0 Å². The van der Waals surface area contributed by atoms with Crippen LogP contribution in [-0.2, 0) is 7.05 Å². The molecule has 0 bridgehead atoms. The molecule has 0 saturated carbocycles. The van der Waals surface area contributed by atoms with Gasteiger partial charge in [0.05, 0.1) is 17.8 Å².